The lowest BCUT2D eigenvalue weighted by molar-refractivity contribution is 0.267. The van der Waals surface area contributed by atoms with Gasteiger partial charge in [-0.15, -0.1) is 0 Å². The van der Waals surface area contributed by atoms with Crippen LogP contribution in [0.1, 0.15) is 29.2 Å². The van der Waals surface area contributed by atoms with E-state index in [0.717, 1.165) is 31.0 Å². The Morgan fingerprint density at radius 3 is 2.90 bits per heavy atom. The first-order chi connectivity index (χ1) is 10.2. The summed E-state index contributed by atoms with van der Waals surface area (Å²) in [6.07, 6.45) is 3.04. The highest BCUT2D eigenvalue weighted by atomic mass is 16.5. The first-order valence-electron chi connectivity index (χ1n) is 7.54. The molecule has 0 radical (unpaired) electrons. The summed E-state index contributed by atoms with van der Waals surface area (Å²) in [5, 5.41) is 3.29. The molecule has 2 aromatic rings. The van der Waals surface area contributed by atoms with Gasteiger partial charge in [-0.2, -0.15) is 0 Å². The molecular weight excluding hydrogens is 260 g/mol. The number of ether oxygens (including phenoxy) is 1. The Bertz CT molecular complexity index is 652. The molecule has 1 aromatic carbocycles. The lowest BCUT2D eigenvalue weighted by Crippen LogP contribution is -2.23. The van der Waals surface area contributed by atoms with Gasteiger partial charge in [0.1, 0.15) is 5.75 Å². The molecule has 1 aliphatic heterocycles. The van der Waals surface area contributed by atoms with Crippen molar-refractivity contribution in [1.82, 2.24) is 10.3 Å². The van der Waals surface area contributed by atoms with Gasteiger partial charge in [-0.05, 0) is 44.5 Å². The topological polar surface area (TPSA) is 34.1 Å². The molecule has 0 fully saturated rings. The van der Waals surface area contributed by atoms with Gasteiger partial charge in [0, 0.05) is 35.5 Å². The third kappa shape index (κ3) is 2.66. The zero-order chi connectivity index (χ0) is 14.8. The summed E-state index contributed by atoms with van der Waals surface area (Å²) < 4.78 is 6.02. The number of likely N-dealkylation sites (N-methyl/N-ethyl adjacent to an activating group) is 1. The smallest absolute Gasteiger partial charge is 0.130 e. The van der Waals surface area contributed by atoms with Crippen LogP contribution in [0.25, 0.3) is 11.1 Å². The lowest BCUT2D eigenvalue weighted by Gasteiger charge is -2.28. The average Bonchev–Trinajstić information content (AvgIpc) is 2.48. The number of aryl methyl sites for hydroxylation is 2. The van der Waals surface area contributed by atoms with Crippen molar-refractivity contribution >= 4 is 0 Å². The van der Waals surface area contributed by atoms with Gasteiger partial charge < -0.3 is 10.1 Å². The van der Waals surface area contributed by atoms with Gasteiger partial charge in [-0.3, -0.25) is 4.98 Å². The molecule has 0 bridgehead atoms. The largest absolute Gasteiger partial charge is 0.493 e. The first-order valence-corrected chi connectivity index (χ1v) is 7.54. The third-order valence-corrected chi connectivity index (χ3v) is 4.19. The van der Waals surface area contributed by atoms with Crippen LogP contribution < -0.4 is 10.1 Å². The van der Waals surface area contributed by atoms with Crippen molar-refractivity contribution in [2.75, 3.05) is 20.2 Å². The molecule has 1 aliphatic rings. The van der Waals surface area contributed by atoms with Crippen molar-refractivity contribution in [3.05, 3.63) is 47.3 Å². The summed E-state index contributed by atoms with van der Waals surface area (Å²) in [4.78, 5) is 4.45. The maximum absolute atomic E-state index is 6.02. The number of aromatic nitrogens is 1. The quantitative estimate of drug-likeness (QED) is 0.936. The monoisotopic (exact) mass is 282 g/mol. The van der Waals surface area contributed by atoms with Crippen molar-refractivity contribution in [3.8, 4) is 16.9 Å². The van der Waals surface area contributed by atoms with Crippen LogP contribution >= 0.6 is 0 Å². The molecule has 1 N–H and O–H groups in total. The molecule has 2 heterocycles. The average molecular weight is 282 g/mol. The normalized spacial score (nSPS) is 17.2. The number of hydrogen-bond donors (Lipinski definition) is 1. The van der Waals surface area contributed by atoms with Crippen molar-refractivity contribution in [2.24, 2.45) is 0 Å². The molecule has 0 unspecified atom stereocenters. The van der Waals surface area contributed by atoms with Crippen molar-refractivity contribution < 1.29 is 4.74 Å². The highest BCUT2D eigenvalue weighted by molar-refractivity contribution is 5.74. The van der Waals surface area contributed by atoms with Gasteiger partial charge >= 0.3 is 0 Å². The second-order valence-electron chi connectivity index (χ2n) is 5.76. The minimum Gasteiger partial charge on any atom is -0.493 e. The van der Waals surface area contributed by atoms with E-state index in [2.05, 4.69) is 41.5 Å². The Balaban J connectivity index is 2.10. The SMILES string of the molecule is CNC[C@@H]1CCOc2c(-c3cnc(C)cc3C)cccc21. The molecule has 110 valence electrons. The number of fused-ring (bicyclic) bond motifs is 1. The maximum atomic E-state index is 6.02. The molecule has 1 atom stereocenters. The van der Waals surface area contributed by atoms with E-state index in [4.69, 9.17) is 4.74 Å². The van der Waals surface area contributed by atoms with Gasteiger partial charge in [0.25, 0.3) is 0 Å². The van der Waals surface area contributed by atoms with E-state index in [9.17, 15) is 0 Å². The standard InChI is InChI=1S/C18H22N2O/c1-12-9-13(2)20-11-17(12)16-6-4-5-15-14(10-19-3)7-8-21-18(15)16/h4-6,9,11,14,19H,7-8,10H2,1-3H3/t14-/m0/s1. The number of benzene rings is 1. The van der Waals surface area contributed by atoms with E-state index in [0.29, 0.717) is 5.92 Å². The summed E-state index contributed by atoms with van der Waals surface area (Å²) in [6.45, 7) is 5.94. The molecular formula is C18H22N2O. The van der Waals surface area contributed by atoms with Crippen LogP contribution in [0, 0.1) is 13.8 Å². The fraction of sp³-hybridized carbons (Fsp3) is 0.389. The van der Waals surface area contributed by atoms with Crippen LogP contribution in [-0.4, -0.2) is 25.2 Å². The second kappa shape index (κ2) is 5.86. The molecule has 3 nitrogen and oxygen atoms in total. The number of hydrogen-bond acceptors (Lipinski definition) is 3. The molecule has 3 rings (SSSR count). The summed E-state index contributed by atoms with van der Waals surface area (Å²) in [5.41, 5.74) is 5.94. The van der Waals surface area contributed by atoms with E-state index in [1.165, 1.54) is 22.3 Å². The molecule has 0 saturated heterocycles. The molecule has 1 aromatic heterocycles. The second-order valence-corrected chi connectivity index (χ2v) is 5.76. The van der Waals surface area contributed by atoms with E-state index >= 15 is 0 Å². The van der Waals surface area contributed by atoms with Crippen LogP contribution in [0.3, 0.4) is 0 Å². The number of pyridine rings is 1. The van der Waals surface area contributed by atoms with E-state index in [1.54, 1.807) is 0 Å². The van der Waals surface area contributed by atoms with Crippen molar-refractivity contribution in [1.29, 1.82) is 0 Å². The van der Waals surface area contributed by atoms with Crippen LogP contribution in [0.15, 0.2) is 30.5 Å². The fourth-order valence-corrected chi connectivity index (χ4v) is 3.15. The van der Waals surface area contributed by atoms with Crippen LogP contribution in [0.5, 0.6) is 5.75 Å². The predicted octanol–water partition coefficient (Wildman–Crippen LogP) is 3.45. The molecule has 0 saturated carbocycles. The number of rotatable bonds is 3. The van der Waals surface area contributed by atoms with Crippen LogP contribution in [0.4, 0.5) is 0 Å². The highest BCUT2D eigenvalue weighted by Crippen LogP contribution is 2.41. The van der Waals surface area contributed by atoms with Gasteiger partial charge in [-0.1, -0.05) is 18.2 Å². The number of nitrogens with zero attached hydrogens (tertiary/aromatic N) is 1. The number of para-hydroxylation sites is 1. The van der Waals surface area contributed by atoms with Gasteiger partial charge in [0.2, 0.25) is 0 Å². The Morgan fingerprint density at radius 1 is 1.29 bits per heavy atom. The van der Waals surface area contributed by atoms with Crippen molar-refractivity contribution in [2.45, 2.75) is 26.2 Å². The maximum Gasteiger partial charge on any atom is 0.130 e. The molecule has 0 aliphatic carbocycles. The lowest BCUT2D eigenvalue weighted by atomic mass is 9.89. The molecule has 0 amide bonds. The molecule has 3 heteroatoms. The summed E-state index contributed by atoms with van der Waals surface area (Å²) >= 11 is 0. The van der Waals surface area contributed by atoms with Crippen molar-refractivity contribution in [3.63, 3.8) is 0 Å². The Kier molecular flexibility index (Phi) is 3.93. The third-order valence-electron chi connectivity index (χ3n) is 4.19. The van der Waals surface area contributed by atoms with Crippen LogP contribution in [0.2, 0.25) is 0 Å². The van der Waals surface area contributed by atoms with Crippen LogP contribution in [-0.2, 0) is 0 Å². The highest BCUT2D eigenvalue weighted by Gasteiger charge is 2.24. The summed E-state index contributed by atoms with van der Waals surface area (Å²) in [5.74, 6) is 1.56. The first kappa shape index (κ1) is 14.1. The summed E-state index contributed by atoms with van der Waals surface area (Å²) in [6, 6.07) is 8.59. The summed E-state index contributed by atoms with van der Waals surface area (Å²) in [7, 11) is 2.01. The minimum absolute atomic E-state index is 0.525. The fourth-order valence-electron chi connectivity index (χ4n) is 3.15. The Hall–Kier alpha value is -1.87. The van der Waals surface area contributed by atoms with E-state index in [-0.39, 0.29) is 0 Å². The molecule has 21 heavy (non-hydrogen) atoms. The van der Waals surface area contributed by atoms with E-state index < -0.39 is 0 Å². The van der Waals surface area contributed by atoms with Gasteiger partial charge in [-0.25, -0.2) is 0 Å². The predicted molar refractivity (Wildman–Crippen MR) is 85.9 cm³/mol. The molecule has 0 spiro atoms. The Morgan fingerprint density at radius 2 is 2.14 bits per heavy atom. The van der Waals surface area contributed by atoms with Gasteiger partial charge in [0.15, 0.2) is 0 Å². The van der Waals surface area contributed by atoms with E-state index in [1.807, 2.05) is 20.2 Å². The van der Waals surface area contributed by atoms with Gasteiger partial charge in [0.05, 0.1) is 6.61 Å². The Labute approximate surface area is 126 Å². The minimum atomic E-state index is 0.525. The zero-order valence-corrected chi connectivity index (χ0v) is 12.9. The zero-order valence-electron chi connectivity index (χ0n) is 12.9. The number of nitrogens with one attached hydrogen (secondary N) is 1.